The second-order valence-electron chi connectivity index (χ2n) is 4.27. The van der Waals surface area contributed by atoms with Crippen LogP contribution < -0.4 is 10.1 Å². The van der Waals surface area contributed by atoms with Gasteiger partial charge in [-0.25, -0.2) is 0 Å². The lowest BCUT2D eigenvalue weighted by atomic mass is 10.2. The Labute approximate surface area is 131 Å². The molecule has 0 saturated carbocycles. The maximum atomic E-state index is 11.1. The highest BCUT2D eigenvalue weighted by atomic mass is 35.5. The molecule has 0 aliphatic rings. The molecule has 0 aliphatic heterocycles. The number of nitro benzene ring substituents is 1. The molecule has 5 nitrogen and oxygen atoms in total. The Bertz CT molecular complexity index is 677. The summed E-state index contributed by atoms with van der Waals surface area (Å²) in [5.74, 6) is 0.542. The lowest BCUT2D eigenvalue weighted by molar-refractivity contribution is -0.385. The summed E-state index contributed by atoms with van der Waals surface area (Å²) >= 11 is 11.7. The van der Waals surface area contributed by atoms with Gasteiger partial charge in [0.2, 0.25) is 5.75 Å². The first-order chi connectivity index (χ1) is 10.0. The number of nitrogens with one attached hydrogen (secondary N) is 1. The molecule has 0 radical (unpaired) electrons. The van der Waals surface area contributed by atoms with Crippen LogP contribution in [0.5, 0.6) is 11.5 Å². The number of ether oxygens (including phenoxy) is 1. The van der Waals surface area contributed by atoms with Crippen LogP contribution in [0.2, 0.25) is 10.0 Å². The fourth-order valence-corrected chi connectivity index (χ4v) is 2.10. The summed E-state index contributed by atoms with van der Waals surface area (Å²) in [6.45, 7) is 0.667. The molecule has 7 heteroatoms. The van der Waals surface area contributed by atoms with Crippen molar-refractivity contribution in [1.82, 2.24) is 5.32 Å². The van der Waals surface area contributed by atoms with Crippen LogP contribution in [0.3, 0.4) is 0 Å². The zero-order chi connectivity index (χ0) is 15.4. The fraction of sp³-hybridized carbons (Fsp3) is 0.143. The number of benzene rings is 2. The van der Waals surface area contributed by atoms with Crippen LogP contribution in [0, 0.1) is 10.1 Å². The predicted octanol–water partition coefficient (Wildman–Crippen LogP) is 4.41. The summed E-state index contributed by atoms with van der Waals surface area (Å²) in [6, 6.07) is 9.76. The number of rotatable bonds is 5. The summed E-state index contributed by atoms with van der Waals surface area (Å²) in [5, 5.41) is 14.4. The third-order valence-electron chi connectivity index (χ3n) is 2.71. The van der Waals surface area contributed by atoms with Gasteiger partial charge in [-0.15, -0.1) is 0 Å². The third kappa shape index (κ3) is 3.85. The molecule has 0 aromatic heterocycles. The summed E-state index contributed by atoms with van der Waals surface area (Å²) in [5.41, 5.74) is 0.765. The van der Waals surface area contributed by atoms with Crippen molar-refractivity contribution in [3.8, 4) is 11.5 Å². The van der Waals surface area contributed by atoms with Crippen molar-refractivity contribution in [2.45, 2.75) is 6.54 Å². The molecule has 0 spiro atoms. The molecule has 0 fully saturated rings. The molecule has 0 amide bonds. The molecule has 1 N–H and O–H groups in total. The molecule has 0 aliphatic carbocycles. The number of nitrogens with zero attached hydrogens (tertiary/aromatic N) is 1. The molecule has 2 aromatic carbocycles. The number of halogens is 2. The van der Waals surface area contributed by atoms with E-state index in [1.54, 1.807) is 12.1 Å². The van der Waals surface area contributed by atoms with E-state index in [1.165, 1.54) is 12.1 Å². The van der Waals surface area contributed by atoms with Crippen molar-refractivity contribution in [1.29, 1.82) is 0 Å². The van der Waals surface area contributed by atoms with Gasteiger partial charge < -0.3 is 10.1 Å². The van der Waals surface area contributed by atoms with Gasteiger partial charge in [-0.3, -0.25) is 10.1 Å². The highest BCUT2D eigenvalue weighted by Gasteiger charge is 2.19. The van der Waals surface area contributed by atoms with E-state index >= 15 is 0 Å². The molecule has 110 valence electrons. The standard InChI is InChI=1S/C14H12Cl2N2O3/c1-17-8-9-3-2-4-10(5-9)21-14-7-12(16)11(15)6-13(14)18(19)20/h2-7,17H,8H2,1H3. The van der Waals surface area contributed by atoms with Gasteiger partial charge in [0.1, 0.15) is 5.75 Å². The lowest BCUT2D eigenvalue weighted by Crippen LogP contribution is -2.04. The zero-order valence-corrected chi connectivity index (χ0v) is 12.6. The Hall–Kier alpha value is -1.82. The van der Waals surface area contributed by atoms with Crippen molar-refractivity contribution in [2.24, 2.45) is 0 Å². The topological polar surface area (TPSA) is 64.4 Å². The van der Waals surface area contributed by atoms with Crippen LogP contribution in [0.1, 0.15) is 5.56 Å². The Morgan fingerprint density at radius 2 is 1.95 bits per heavy atom. The number of nitro groups is 1. The monoisotopic (exact) mass is 326 g/mol. The Morgan fingerprint density at radius 1 is 1.24 bits per heavy atom. The lowest BCUT2D eigenvalue weighted by Gasteiger charge is -2.09. The molecule has 0 unspecified atom stereocenters. The Kier molecular flexibility index (Phi) is 5.01. The molecule has 0 saturated heterocycles. The van der Waals surface area contributed by atoms with Crippen LogP contribution in [-0.2, 0) is 6.54 Å². The van der Waals surface area contributed by atoms with Crippen molar-refractivity contribution in [2.75, 3.05) is 7.05 Å². The van der Waals surface area contributed by atoms with Crippen molar-refractivity contribution in [3.05, 3.63) is 62.1 Å². The minimum absolute atomic E-state index is 0.0519. The minimum Gasteiger partial charge on any atom is -0.450 e. The van der Waals surface area contributed by atoms with Gasteiger partial charge in [0.05, 0.1) is 15.0 Å². The molecule has 0 atom stereocenters. The predicted molar refractivity (Wildman–Crippen MR) is 82.4 cm³/mol. The van der Waals surface area contributed by atoms with Crippen LogP contribution in [-0.4, -0.2) is 12.0 Å². The molecule has 21 heavy (non-hydrogen) atoms. The first-order valence-electron chi connectivity index (χ1n) is 6.06. The summed E-state index contributed by atoms with van der Waals surface area (Å²) in [6.07, 6.45) is 0. The fourth-order valence-electron chi connectivity index (χ4n) is 1.79. The van der Waals surface area contributed by atoms with E-state index in [0.29, 0.717) is 12.3 Å². The van der Waals surface area contributed by atoms with E-state index in [9.17, 15) is 10.1 Å². The van der Waals surface area contributed by atoms with Crippen LogP contribution in [0.15, 0.2) is 36.4 Å². The maximum Gasteiger partial charge on any atom is 0.313 e. The third-order valence-corrected chi connectivity index (χ3v) is 3.43. The minimum atomic E-state index is -0.561. The van der Waals surface area contributed by atoms with E-state index in [1.807, 2.05) is 19.2 Å². The quantitative estimate of drug-likeness (QED) is 0.652. The summed E-state index contributed by atoms with van der Waals surface area (Å²) in [4.78, 5) is 10.5. The zero-order valence-electron chi connectivity index (χ0n) is 11.1. The second-order valence-corrected chi connectivity index (χ2v) is 5.09. The average molecular weight is 327 g/mol. The summed E-state index contributed by atoms with van der Waals surface area (Å²) < 4.78 is 5.58. The molecule has 2 aromatic rings. The highest BCUT2D eigenvalue weighted by molar-refractivity contribution is 6.42. The number of hydrogen-bond acceptors (Lipinski definition) is 4. The molecule has 0 heterocycles. The first kappa shape index (κ1) is 15.6. The van der Waals surface area contributed by atoms with Crippen LogP contribution in [0.25, 0.3) is 0 Å². The van der Waals surface area contributed by atoms with Crippen LogP contribution >= 0.6 is 23.2 Å². The SMILES string of the molecule is CNCc1cccc(Oc2cc(Cl)c(Cl)cc2[N+](=O)[O-])c1. The summed E-state index contributed by atoms with van der Waals surface area (Å²) in [7, 11) is 1.83. The first-order valence-corrected chi connectivity index (χ1v) is 6.81. The normalized spacial score (nSPS) is 10.4. The van der Waals surface area contributed by atoms with Gasteiger partial charge in [0.25, 0.3) is 0 Å². The van der Waals surface area contributed by atoms with Gasteiger partial charge in [0.15, 0.2) is 0 Å². The van der Waals surface area contributed by atoms with E-state index in [0.717, 1.165) is 5.56 Å². The maximum absolute atomic E-state index is 11.1. The van der Waals surface area contributed by atoms with E-state index in [4.69, 9.17) is 27.9 Å². The number of hydrogen-bond donors (Lipinski definition) is 1. The van der Waals surface area contributed by atoms with Gasteiger partial charge in [-0.2, -0.15) is 0 Å². The average Bonchev–Trinajstić information content (AvgIpc) is 2.43. The largest absolute Gasteiger partial charge is 0.450 e. The molecular formula is C14H12Cl2N2O3. The van der Waals surface area contributed by atoms with E-state index < -0.39 is 4.92 Å². The molecular weight excluding hydrogens is 315 g/mol. The highest BCUT2D eigenvalue weighted by Crippen LogP contribution is 2.38. The van der Waals surface area contributed by atoms with Gasteiger partial charge in [0, 0.05) is 18.7 Å². The smallest absolute Gasteiger partial charge is 0.313 e. The van der Waals surface area contributed by atoms with E-state index in [-0.39, 0.29) is 21.5 Å². The van der Waals surface area contributed by atoms with E-state index in [2.05, 4.69) is 5.32 Å². The Balaban J connectivity index is 2.36. The van der Waals surface area contributed by atoms with Crippen LogP contribution in [0.4, 0.5) is 5.69 Å². The second kappa shape index (κ2) is 6.76. The van der Waals surface area contributed by atoms with Gasteiger partial charge >= 0.3 is 5.69 Å². The molecule has 0 bridgehead atoms. The van der Waals surface area contributed by atoms with Crippen molar-refractivity contribution in [3.63, 3.8) is 0 Å². The van der Waals surface area contributed by atoms with Gasteiger partial charge in [-0.05, 0) is 24.7 Å². The molecule has 2 rings (SSSR count). The Morgan fingerprint density at radius 3 is 2.62 bits per heavy atom. The van der Waals surface area contributed by atoms with Gasteiger partial charge in [-0.1, -0.05) is 35.3 Å². The van der Waals surface area contributed by atoms with Crippen molar-refractivity contribution >= 4 is 28.9 Å². The van der Waals surface area contributed by atoms with Crippen molar-refractivity contribution < 1.29 is 9.66 Å².